The molecule has 7 rings (SSSR count). The maximum Gasteiger partial charge on any atom is 0.350 e. The van der Waals surface area contributed by atoms with Crippen LogP contribution in [0.2, 0.25) is 0 Å². The third kappa shape index (κ3) is 2.96. The Morgan fingerprint density at radius 2 is 2.00 bits per heavy atom. The van der Waals surface area contributed by atoms with Gasteiger partial charge in [-0.25, -0.2) is 9.18 Å². The molecule has 2 aromatic carbocycles. The summed E-state index contributed by atoms with van der Waals surface area (Å²) in [5, 5.41) is 15.9. The Morgan fingerprint density at radius 1 is 1.18 bits per heavy atom. The van der Waals surface area contributed by atoms with Crippen LogP contribution in [-0.2, 0) is 6.54 Å². The average molecular weight is 476 g/mol. The Hall–Kier alpha value is -3.17. The number of aryl methyl sites for hydroxylation is 1. The zero-order valence-electron chi connectivity index (χ0n) is 18.3. The molecule has 2 unspecified atom stereocenters. The first kappa shape index (κ1) is 20.2. The normalized spacial score (nSPS) is 21.5. The minimum absolute atomic E-state index is 0.0482. The molecular formula is C25H22FN5O2S. The molecule has 7 nitrogen and oxygen atoms in total. The van der Waals surface area contributed by atoms with Crippen LogP contribution < -0.4 is 15.9 Å². The fourth-order valence-electron chi connectivity index (χ4n) is 5.76. The summed E-state index contributed by atoms with van der Waals surface area (Å²) >= 11 is 1.62. The molecule has 0 aliphatic carbocycles. The first-order chi connectivity index (χ1) is 16.6. The number of piperazine rings is 1. The molecule has 0 spiro atoms. The molecule has 3 aliphatic heterocycles. The highest BCUT2D eigenvalue weighted by molar-refractivity contribution is 7.99. The molecule has 0 radical (unpaired) electrons. The number of hydrogen-bond donors (Lipinski definition) is 2. The minimum Gasteiger partial charge on any atom is -0.508 e. The highest BCUT2D eigenvalue weighted by Crippen LogP contribution is 2.43. The number of anilines is 1. The summed E-state index contributed by atoms with van der Waals surface area (Å²) in [6, 6.07) is 8.76. The Balaban J connectivity index is 1.50. The molecule has 2 N–H and O–H groups in total. The van der Waals surface area contributed by atoms with Gasteiger partial charge in [0.15, 0.2) is 0 Å². The first-order valence-corrected chi connectivity index (χ1v) is 12.5. The second-order valence-corrected chi connectivity index (χ2v) is 10.4. The summed E-state index contributed by atoms with van der Waals surface area (Å²) in [4.78, 5) is 25.5. The van der Waals surface area contributed by atoms with Crippen molar-refractivity contribution >= 4 is 39.3 Å². The van der Waals surface area contributed by atoms with E-state index in [1.807, 2.05) is 0 Å². The predicted octanol–water partition coefficient (Wildman–Crippen LogP) is 3.50. The Labute approximate surface area is 198 Å². The van der Waals surface area contributed by atoms with Crippen LogP contribution in [0, 0.1) is 5.82 Å². The minimum atomic E-state index is -0.369. The number of pyridine rings is 1. The van der Waals surface area contributed by atoms with Crippen molar-refractivity contribution in [3.8, 4) is 17.0 Å². The van der Waals surface area contributed by atoms with E-state index in [0.717, 1.165) is 41.7 Å². The van der Waals surface area contributed by atoms with Crippen LogP contribution >= 0.6 is 11.8 Å². The lowest BCUT2D eigenvalue weighted by Gasteiger charge is -2.34. The third-order valence-corrected chi connectivity index (χ3v) is 8.26. The van der Waals surface area contributed by atoms with Crippen molar-refractivity contribution in [2.75, 3.05) is 23.7 Å². The molecule has 2 bridgehead atoms. The quantitative estimate of drug-likeness (QED) is 0.459. The highest BCUT2D eigenvalue weighted by Gasteiger charge is 2.34. The number of halogens is 1. The molecule has 2 aromatic heterocycles. The van der Waals surface area contributed by atoms with E-state index in [1.165, 1.54) is 6.07 Å². The van der Waals surface area contributed by atoms with Crippen molar-refractivity contribution in [3.63, 3.8) is 0 Å². The number of phenolic OH excluding ortho intramolecular Hbond substituents is 1. The molecule has 0 saturated carbocycles. The lowest BCUT2D eigenvalue weighted by atomic mass is 10.00. The molecule has 2 atom stereocenters. The van der Waals surface area contributed by atoms with Crippen molar-refractivity contribution in [1.82, 2.24) is 19.9 Å². The fraction of sp³-hybridized carbons (Fsp3) is 0.320. The van der Waals surface area contributed by atoms with Crippen molar-refractivity contribution < 1.29 is 9.50 Å². The predicted molar refractivity (Wildman–Crippen MR) is 131 cm³/mol. The average Bonchev–Trinajstić information content (AvgIpc) is 3.18. The van der Waals surface area contributed by atoms with Gasteiger partial charge in [0.05, 0.1) is 21.5 Å². The van der Waals surface area contributed by atoms with Crippen LogP contribution in [0.3, 0.4) is 0 Å². The van der Waals surface area contributed by atoms with Gasteiger partial charge in [-0.05, 0) is 36.4 Å². The van der Waals surface area contributed by atoms with Crippen molar-refractivity contribution in [2.45, 2.75) is 36.4 Å². The summed E-state index contributed by atoms with van der Waals surface area (Å²) in [6.07, 6.45) is 4.03. The van der Waals surface area contributed by atoms with Crippen LogP contribution in [0.4, 0.5) is 10.2 Å². The van der Waals surface area contributed by atoms with Crippen molar-refractivity contribution in [2.24, 2.45) is 0 Å². The second kappa shape index (κ2) is 7.41. The molecule has 0 amide bonds. The van der Waals surface area contributed by atoms with E-state index in [9.17, 15) is 14.3 Å². The fourth-order valence-corrected chi connectivity index (χ4v) is 6.90. The van der Waals surface area contributed by atoms with Gasteiger partial charge in [0.1, 0.15) is 17.4 Å². The number of fused-ring (bicyclic) bond motifs is 3. The van der Waals surface area contributed by atoms with E-state index in [2.05, 4.69) is 15.2 Å². The molecule has 3 aliphatic rings. The molecule has 4 aromatic rings. The van der Waals surface area contributed by atoms with Crippen LogP contribution in [0.15, 0.2) is 46.2 Å². The number of thioether (sulfide) groups is 1. The van der Waals surface area contributed by atoms with Gasteiger partial charge in [-0.1, -0.05) is 12.1 Å². The van der Waals surface area contributed by atoms with Gasteiger partial charge in [-0.3, -0.25) is 9.55 Å². The summed E-state index contributed by atoms with van der Waals surface area (Å²) < 4.78 is 16.7. The van der Waals surface area contributed by atoms with Gasteiger partial charge >= 0.3 is 5.69 Å². The summed E-state index contributed by atoms with van der Waals surface area (Å²) in [5.74, 6) is 1.06. The number of nitrogens with one attached hydrogen (secondary N) is 1. The highest BCUT2D eigenvalue weighted by atomic mass is 32.2. The summed E-state index contributed by atoms with van der Waals surface area (Å²) in [6.45, 7) is 2.19. The zero-order chi connectivity index (χ0) is 23.0. The van der Waals surface area contributed by atoms with Gasteiger partial charge < -0.3 is 15.3 Å². The lowest BCUT2D eigenvalue weighted by Crippen LogP contribution is -2.52. The van der Waals surface area contributed by atoms with E-state index in [-0.39, 0.29) is 17.3 Å². The Morgan fingerprint density at radius 3 is 2.82 bits per heavy atom. The van der Waals surface area contributed by atoms with Crippen LogP contribution in [0.25, 0.3) is 32.9 Å². The molecule has 34 heavy (non-hydrogen) atoms. The number of aromatic nitrogens is 3. The number of nitrogens with zero attached hydrogens (tertiary/aromatic N) is 4. The zero-order valence-corrected chi connectivity index (χ0v) is 19.1. The smallest absolute Gasteiger partial charge is 0.350 e. The third-order valence-electron chi connectivity index (χ3n) is 7.19. The molecular weight excluding hydrogens is 453 g/mol. The number of phenols is 1. The maximum atomic E-state index is 15.0. The number of benzene rings is 2. The lowest BCUT2D eigenvalue weighted by molar-refractivity contribution is 0.463. The van der Waals surface area contributed by atoms with Crippen molar-refractivity contribution in [3.05, 3.63) is 52.8 Å². The summed E-state index contributed by atoms with van der Waals surface area (Å²) in [5.41, 5.74) is 1.64. The SMILES string of the molecule is O=c1nc(N2CC3CCC(C2)N3)c2cnc(-c3cc(O)cc4cccc(F)c34)c3c2n1CCS3. The summed E-state index contributed by atoms with van der Waals surface area (Å²) in [7, 11) is 0. The second-order valence-electron chi connectivity index (χ2n) is 9.29. The van der Waals surface area contributed by atoms with Gasteiger partial charge in [-0.15, -0.1) is 11.8 Å². The molecule has 2 fully saturated rings. The largest absolute Gasteiger partial charge is 0.508 e. The van der Waals surface area contributed by atoms with Crippen LogP contribution in [-0.4, -0.2) is 50.6 Å². The monoisotopic (exact) mass is 475 g/mol. The van der Waals surface area contributed by atoms with Gasteiger partial charge in [0.25, 0.3) is 0 Å². The van der Waals surface area contributed by atoms with Crippen LogP contribution in [0.5, 0.6) is 5.75 Å². The Kier molecular flexibility index (Phi) is 4.41. The van der Waals surface area contributed by atoms with Gasteiger partial charge in [-0.2, -0.15) is 4.98 Å². The molecule has 2 saturated heterocycles. The maximum absolute atomic E-state index is 15.0. The molecule has 172 valence electrons. The van der Waals surface area contributed by atoms with Crippen LogP contribution in [0.1, 0.15) is 12.8 Å². The molecule has 5 heterocycles. The standard InChI is InChI=1S/C25H22FN5O2S/c26-19-3-1-2-13-8-16(32)9-17(20(13)19)21-23-22-18(10-27-21)24(29-25(33)31(22)6-7-34-23)30-11-14-4-5-15(12-30)28-14/h1-3,8-10,14-15,28,32H,4-7,11-12H2. The first-order valence-electron chi connectivity index (χ1n) is 11.6. The van der Waals surface area contributed by atoms with Gasteiger partial charge in [0.2, 0.25) is 0 Å². The van der Waals surface area contributed by atoms with Crippen molar-refractivity contribution in [1.29, 1.82) is 0 Å². The number of hydrogen-bond acceptors (Lipinski definition) is 7. The van der Waals surface area contributed by atoms with Gasteiger partial charge in [0, 0.05) is 54.6 Å². The van der Waals surface area contributed by atoms with E-state index in [1.54, 1.807) is 46.8 Å². The Bertz CT molecular complexity index is 1540. The number of aromatic hydroxyl groups is 1. The van der Waals surface area contributed by atoms with E-state index in [0.29, 0.717) is 52.2 Å². The van der Waals surface area contributed by atoms with E-state index >= 15 is 0 Å². The van der Waals surface area contributed by atoms with E-state index < -0.39 is 0 Å². The topological polar surface area (TPSA) is 83.3 Å². The molecule has 9 heteroatoms. The number of rotatable bonds is 2. The van der Waals surface area contributed by atoms with E-state index in [4.69, 9.17) is 4.98 Å².